The van der Waals surface area contributed by atoms with E-state index in [1.54, 1.807) is 24.3 Å². The van der Waals surface area contributed by atoms with Crippen molar-refractivity contribution in [3.8, 4) is 11.5 Å². The van der Waals surface area contributed by atoms with Gasteiger partial charge in [-0.3, -0.25) is 14.5 Å². The van der Waals surface area contributed by atoms with Gasteiger partial charge in [0.05, 0.1) is 24.8 Å². The summed E-state index contributed by atoms with van der Waals surface area (Å²) in [7, 11) is 0. The van der Waals surface area contributed by atoms with Gasteiger partial charge in [-0.2, -0.15) is 0 Å². The molecule has 1 atom stereocenters. The van der Waals surface area contributed by atoms with Gasteiger partial charge in [0.15, 0.2) is 4.34 Å². The molecule has 0 saturated carbocycles. The van der Waals surface area contributed by atoms with E-state index in [1.165, 1.54) is 28.0 Å². The highest BCUT2D eigenvalue weighted by molar-refractivity contribution is 8.00. The fourth-order valence-electron chi connectivity index (χ4n) is 4.82. The highest BCUT2D eigenvalue weighted by Crippen LogP contribution is 2.44. The second-order valence-corrected chi connectivity index (χ2v) is 12.5. The van der Waals surface area contributed by atoms with Crippen molar-refractivity contribution in [1.29, 1.82) is 0 Å². The van der Waals surface area contributed by atoms with Crippen LogP contribution in [0.1, 0.15) is 62.3 Å². The second kappa shape index (κ2) is 15.0. The van der Waals surface area contributed by atoms with E-state index in [0.29, 0.717) is 45.9 Å². The number of aliphatic hydroxyl groups is 1. The number of ketones is 1. The number of aromatic nitrogens is 2. The maximum Gasteiger partial charge on any atom is 0.301 e. The van der Waals surface area contributed by atoms with E-state index >= 15 is 0 Å². The minimum absolute atomic E-state index is 0.0194. The predicted octanol–water partition coefficient (Wildman–Crippen LogP) is 7.81. The summed E-state index contributed by atoms with van der Waals surface area (Å²) < 4.78 is 12.3. The maximum atomic E-state index is 13.6. The number of hydrogen-bond acceptors (Lipinski definition) is 9. The molecular weight excluding hydrogens is 595 g/mol. The lowest BCUT2D eigenvalue weighted by atomic mass is 9.95. The van der Waals surface area contributed by atoms with Gasteiger partial charge in [0, 0.05) is 11.3 Å². The van der Waals surface area contributed by atoms with Crippen molar-refractivity contribution in [2.45, 2.75) is 55.7 Å². The number of Topliss-reactive ketones (excluding diaryl/α,β-unsaturated/α-hetero) is 1. The summed E-state index contributed by atoms with van der Waals surface area (Å²) in [5.41, 5.74) is 2.14. The van der Waals surface area contributed by atoms with Crippen LogP contribution in [0.5, 0.6) is 11.5 Å². The van der Waals surface area contributed by atoms with E-state index in [-0.39, 0.29) is 16.5 Å². The van der Waals surface area contributed by atoms with Crippen molar-refractivity contribution in [2.75, 3.05) is 18.1 Å². The van der Waals surface area contributed by atoms with Gasteiger partial charge in [0.25, 0.3) is 5.78 Å². The molecule has 3 aromatic carbocycles. The highest BCUT2D eigenvalue weighted by Gasteiger charge is 2.48. The quantitative estimate of drug-likeness (QED) is 0.0376. The molecule has 0 bridgehead atoms. The summed E-state index contributed by atoms with van der Waals surface area (Å²) in [5.74, 6) is 0.134. The third-order valence-electron chi connectivity index (χ3n) is 7.04. The Hall–Kier alpha value is -4.15. The highest BCUT2D eigenvalue weighted by atomic mass is 32.2. The molecule has 1 unspecified atom stereocenters. The fourth-order valence-corrected chi connectivity index (χ4v) is 6.65. The molecule has 5 rings (SSSR count). The summed E-state index contributed by atoms with van der Waals surface area (Å²) in [5, 5.41) is 20.4. The van der Waals surface area contributed by atoms with Crippen molar-refractivity contribution < 1.29 is 24.2 Å². The van der Waals surface area contributed by atoms with Gasteiger partial charge in [-0.25, -0.2) is 0 Å². The van der Waals surface area contributed by atoms with Crippen LogP contribution >= 0.6 is 23.1 Å². The van der Waals surface area contributed by atoms with Gasteiger partial charge in [0.2, 0.25) is 5.13 Å². The Morgan fingerprint density at radius 1 is 0.886 bits per heavy atom. The molecule has 1 N–H and O–H groups in total. The number of hydrogen-bond donors (Lipinski definition) is 1. The second-order valence-electron chi connectivity index (χ2n) is 10.3. The Morgan fingerprint density at radius 3 is 2.41 bits per heavy atom. The lowest BCUT2D eigenvalue weighted by Gasteiger charge is -2.23. The Labute approximate surface area is 265 Å². The zero-order chi connectivity index (χ0) is 30.9. The Kier molecular flexibility index (Phi) is 10.7. The van der Waals surface area contributed by atoms with Crippen molar-refractivity contribution in [1.82, 2.24) is 10.2 Å². The van der Waals surface area contributed by atoms with Gasteiger partial charge in [-0.15, -0.1) is 10.2 Å². The first kappa shape index (κ1) is 31.3. The van der Waals surface area contributed by atoms with E-state index < -0.39 is 17.7 Å². The standard InChI is InChI=1S/C34H35N3O5S2/c1-3-5-9-20-42-27-14-10-13-25(21-27)29-28(30(38)24-15-17-26(18-16-24)41-19-4-2)31(39)32(40)37(29)33-35-36-34(44-33)43-22-23-11-7-6-8-12-23/h6-8,10-18,21,29,38H,3-5,9,19-20,22H2,1-2H3/b30-28+. The molecule has 1 amide bonds. The van der Waals surface area contributed by atoms with E-state index in [4.69, 9.17) is 9.47 Å². The third-order valence-corrected chi connectivity index (χ3v) is 9.17. The molecule has 10 heteroatoms. The first-order valence-electron chi connectivity index (χ1n) is 14.8. The molecule has 1 aliphatic rings. The number of thioether (sulfide) groups is 1. The molecular formula is C34H35N3O5S2. The van der Waals surface area contributed by atoms with Crippen LogP contribution in [0, 0.1) is 0 Å². The van der Waals surface area contributed by atoms with Crippen molar-refractivity contribution in [3.05, 3.63) is 101 Å². The minimum Gasteiger partial charge on any atom is -0.507 e. The molecule has 4 aromatic rings. The van der Waals surface area contributed by atoms with Crippen molar-refractivity contribution in [3.63, 3.8) is 0 Å². The largest absolute Gasteiger partial charge is 0.507 e. The van der Waals surface area contributed by atoms with Crippen molar-refractivity contribution in [2.24, 2.45) is 0 Å². The molecule has 44 heavy (non-hydrogen) atoms. The summed E-state index contributed by atoms with van der Waals surface area (Å²) in [6, 6.07) is 23.2. The van der Waals surface area contributed by atoms with Crippen LogP contribution in [0.15, 0.2) is 88.8 Å². The van der Waals surface area contributed by atoms with Crippen LogP contribution < -0.4 is 14.4 Å². The van der Waals surface area contributed by atoms with E-state index in [0.717, 1.165) is 31.2 Å². The Morgan fingerprint density at radius 2 is 1.66 bits per heavy atom. The molecule has 0 aliphatic carbocycles. The average Bonchev–Trinajstić information content (AvgIpc) is 3.63. The predicted molar refractivity (Wildman–Crippen MR) is 174 cm³/mol. The van der Waals surface area contributed by atoms with Gasteiger partial charge < -0.3 is 14.6 Å². The lowest BCUT2D eigenvalue weighted by molar-refractivity contribution is -0.132. The normalized spacial score (nSPS) is 16.0. The molecule has 1 fully saturated rings. The molecule has 8 nitrogen and oxygen atoms in total. The van der Waals surface area contributed by atoms with Gasteiger partial charge in [-0.05, 0) is 60.4 Å². The number of unbranched alkanes of at least 4 members (excludes halogenated alkanes) is 2. The number of aliphatic hydroxyl groups excluding tert-OH is 1. The van der Waals surface area contributed by atoms with Gasteiger partial charge >= 0.3 is 5.91 Å². The summed E-state index contributed by atoms with van der Waals surface area (Å²) in [6.07, 6.45) is 3.93. The summed E-state index contributed by atoms with van der Waals surface area (Å²) in [6.45, 7) is 5.28. The van der Waals surface area contributed by atoms with Gasteiger partial charge in [0.1, 0.15) is 17.3 Å². The summed E-state index contributed by atoms with van der Waals surface area (Å²) >= 11 is 2.75. The monoisotopic (exact) mass is 629 g/mol. The lowest BCUT2D eigenvalue weighted by Crippen LogP contribution is -2.29. The van der Waals surface area contributed by atoms with Crippen LogP contribution in [0.4, 0.5) is 5.13 Å². The summed E-state index contributed by atoms with van der Waals surface area (Å²) in [4.78, 5) is 28.6. The Balaban J connectivity index is 1.51. The zero-order valence-electron chi connectivity index (χ0n) is 24.8. The molecule has 0 radical (unpaired) electrons. The number of ether oxygens (including phenoxy) is 2. The number of amides is 1. The molecule has 0 spiro atoms. The molecule has 1 aliphatic heterocycles. The number of benzene rings is 3. The molecule has 1 aromatic heterocycles. The van der Waals surface area contributed by atoms with Crippen LogP contribution in [0.2, 0.25) is 0 Å². The minimum atomic E-state index is -0.926. The molecule has 2 heterocycles. The van der Waals surface area contributed by atoms with Crippen LogP contribution in [-0.4, -0.2) is 40.2 Å². The van der Waals surface area contributed by atoms with E-state index in [9.17, 15) is 14.7 Å². The number of carbonyl (C=O) groups is 2. The first-order chi connectivity index (χ1) is 21.5. The first-order valence-corrected chi connectivity index (χ1v) is 16.6. The maximum absolute atomic E-state index is 13.6. The average molecular weight is 630 g/mol. The van der Waals surface area contributed by atoms with Crippen LogP contribution in [-0.2, 0) is 15.3 Å². The topological polar surface area (TPSA) is 102 Å². The van der Waals surface area contributed by atoms with Gasteiger partial charge in [-0.1, -0.05) is 92.3 Å². The smallest absolute Gasteiger partial charge is 0.301 e. The number of carbonyl (C=O) groups excluding carboxylic acids is 2. The number of anilines is 1. The fraction of sp³-hybridized carbons (Fsp3) is 0.294. The van der Waals surface area contributed by atoms with Crippen molar-refractivity contribution >= 4 is 45.7 Å². The SMILES string of the molecule is CCCCCOc1cccc(C2/C(=C(\O)c3ccc(OCCC)cc3)C(=O)C(=O)N2c2nnc(SCc3ccccc3)s2)c1. The van der Waals surface area contributed by atoms with E-state index in [2.05, 4.69) is 17.1 Å². The number of nitrogens with zero attached hydrogens (tertiary/aromatic N) is 3. The molecule has 228 valence electrons. The molecule has 1 saturated heterocycles. The van der Waals surface area contributed by atoms with Crippen LogP contribution in [0.3, 0.4) is 0 Å². The third kappa shape index (κ3) is 7.31. The Bertz CT molecular complexity index is 1600. The number of rotatable bonds is 14. The van der Waals surface area contributed by atoms with Crippen LogP contribution in [0.25, 0.3) is 5.76 Å². The zero-order valence-corrected chi connectivity index (χ0v) is 26.4. The van der Waals surface area contributed by atoms with E-state index in [1.807, 2.05) is 61.5 Å².